The van der Waals surface area contributed by atoms with Gasteiger partial charge in [-0.05, 0) is 36.6 Å². The van der Waals surface area contributed by atoms with Crippen LogP contribution in [0.4, 0.5) is 0 Å². The molecule has 1 heterocycles. The summed E-state index contributed by atoms with van der Waals surface area (Å²) in [6.45, 7) is 2.21. The van der Waals surface area contributed by atoms with E-state index in [9.17, 15) is 0 Å². The maximum atomic E-state index is 3.53. The van der Waals surface area contributed by atoms with E-state index in [4.69, 9.17) is 0 Å². The third-order valence-corrected chi connectivity index (χ3v) is 6.54. The number of fused-ring (bicyclic) bond motifs is 2. The lowest BCUT2D eigenvalue weighted by molar-refractivity contribution is 0.828. The van der Waals surface area contributed by atoms with Gasteiger partial charge in [-0.2, -0.15) is 0 Å². The van der Waals surface area contributed by atoms with Gasteiger partial charge >= 0.3 is 0 Å². The maximum Gasteiger partial charge on any atom is 0.189 e. The monoisotopic (exact) mass is 297 g/mol. The van der Waals surface area contributed by atoms with Crippen molar-refractivity contribution in [3.05, 3.63) is 48.5 Å². The molecule has 0 saturated heterocycles. The minimum absolute atomic E-state index is 0.0799. The average molecular weight is 297 g/mol. The fraction of sp³-hybridized carbons (Fsp3) is 0.222. The van der Waals surface area contributed by atoms with Crippen LogP contribution in [-0.4, -0.2) is 0 Å². The smallest absolute Gasteiger partial charge is 0.0794 e. The Morgan fingerprint density at radius 3 is 2.15 bits per heavy atom. The molecule has 0 N–H and O–H groups in total. The summed E-state index contributed by atoms with van der Waals surface area (Å²) in [4.78, 5) is 5.50. The van der Waals surface area contributed by atoms with Gasteiger partial charge in [0.05, 0.1) is 9.79 Å². The maximum absolute atomic E-state index is 3.53. The van der Waals surface area contributed by atoms with Crippen molar-refractivity contribution in [2.75, 3.05) is 0 Å². The van der Waals surface area contributed by atoms with Gasteiger partial charge in [0.1, 0.15) is 0 Å². The molecule has 0 aliphatic carbocycles. The van der Waals surface area contributed by atoms with Crippen molar-refractivity contribution >= 4 is 22.7 Å². The highest BCUT2D eigenvalue weighted by atomic mass is 32.2. The van der Waals surface area contributed by atoms with E-state index in [1.54, 1.807) is 0 Å². The molecule has 0 fully saturated rings. The summed E-state index contributed by atoms with van der Waals surface area (Å²) in [6, 6.07) is 17.4. The number of rotatable bonds is 2. The number of hydrogen-bond acceptors (Lipinski definition) is 1. The van der Waals surface area contributed by atoms with Crippen LogP contribution >= 0.6 is 11.8 Å². The highest BCUT2D eigenvalue weighted by Crippen LogP contribution is 2.44. The van der Waals surface area contributed by atoms with Gasteiger partial charge in [0.25, 0.3) is 0 Å². The van der Waals surface area contributed by atoms with Crippen molar-refractivity contribution in [3.63, 3.8) is 0 Å². The Bertz CT molecular complexity index is 619. The quantitative estimate of drug-likeness (QED) is 0.410. The molecule has 0 radical (unpaired) electrons. The second kappa shape index (κ2) is 6.43. The Labute approximate surface area is 128 Å². The van der Waals surface area contributed by atoms with Crippen LogP contribution in [0.25, 0.3) is 0 Å². The van der Waals surface area contributed by atoms with Gasteiger partial charge in [-0.25, -0.2) is 0 Å². The SMILES string of the molecule is CCCCC#C[S+]1c2ccccc2Sc2ccccc21. The van der Waals surface area contributed by atoms with E-state index in [2.05, 4.69) is 66.6 Å². The first-order chi connectivity index (χ1) is 9.90. The molecule has 100 valence electrons. The number of benzene rings is 2. The van der Waals surface area contributed by atoms with E-state index >= 15 is 0 Å². The molecule has 0 saturated carbocycles. The largest absolute Gasteiger partial charge is 0.189 e. The highest BCUT2D eigenvalue weighted by molar-refractivity contribution is 8.06. The zero-order chi connectivity index (χ0) is 13.8. The van der Waals surface area contributed by atoms with Crippen LogP contribution in [0, 0.1) is 11.2 Å². The van der Waals surface area contributed by atoms with E-state index in [1.165, 1.54) is 32.4 Å². The summed E-state index contributed by atoms with van der Waals surface area (Å²) >= 11 is 1.87. The Hall–Kier alpha value is -1.30. The van der Waals surface area contributed by atoms with Crippen molar-refractivity contribution in [2.45, 2.75) is 45.8 Å². The minimum Gasteiger partial charge on any atom is -0.0794 e. The van der Waals surface area contributed by atoms with Gasteiger partial charge in [0, 0.05) is 6.42 Å². The molecule has 0 amide bonds. The van der Waals surface area contributed by atoms with Gasteiger partial charge in [-0.15, -0.1) is 0 Å². The summed E-state index contributed by atoms with van der Waals surface area (Å²) in [6.07, 6.45) is 3.42. The second-order valence-electron chi connectivity index (χ2n) is 4.68. The van der Waals surface area contributed by atoms with Crippen molar-refractivity contribution in [3.8, 4) is 11.2 Å². The lowest BCUT2D eigenvalue weighted by Crippen LogP contribution is -2.07. The summed E-state index contributed by atoms with van der Waals surface area (Å²) in [5.74, 6) is 3.39. The minimum atomic E-state index is -0.0799. The highest BCUT2D eigenvalue weighted by Gasteiger charge is 2.34. The number of unbranched alkanes of at least 4 members (excludes halogenated alkanes) is 2. The van der Waals surface area contributed by atoms with Crippen LogP contribution in [-0.2, 0) is 10.9 Å². The summed E-state index contributed by atoms with van der Waals surface area (Å²) in [5, 5.41) is 3.53. The molecular weight excluding hydrogens is 280 g/mol. The van der Waals surface area contributed by atoms with Crippen molar-refractivity contribution in [1.82, 2.24) is 0 Å². The van der Waals surface area contributed by atoms with E-state index < -0.39 is 0 Å². The average Bonchev–Trinajstić information content (AvgIpc) is 2.50. The molecule has 20 heavy (non-hydrogen) atoms. The van der Waals surface area contributed by atoms with E-state index in [0.717, 1.165) is 6.42 Å². The topological polar surface area (TPSA) is 0 Å². The molecule has 1 aliphatic heterocycles. The predicted octanol–water partition coefficient (Wildman–Crippen LogP) is 5.34. The summed E-state index contributed by atoms with van der Waals surface area (Å²) in [5.41, 5.74) is 0. The molecule has 0 nitrogen and oxygen atoms in total. The molecule has 0 aromatic heterocycles. The van der Waals surface area contributed by atoms with Crippen LogP contribution in [0.2, 0.25) is 0 Å². The molecule has 0 atom stereocenters. The molecule has 2 heteroatoms. The standard InChI is InChI=1S/C18H17S2/c1-2-3-4-9-14-20-17-12-7-5-10-15(17)19-16-11-6-8-13-18(16)20/h5-8,10-13H,2-4H2,1H3/q+1. The predicted molar refractivity (Wildman–Crippen MR) is 88.2 cm³/mol. The van der Waals surface area contributed by atoms with Crippen LogP contribution < -0.4 is 0 Å². The lowest BCUT2D eigenvalue weighted by atomic mass is 10.3. The van der Waals surface area contributed by atoms with Gasteiger partial charge in [-0.3, -0.25) is 0 Å². The molecule has 0 spiro atoms. The summed E-state index contributed by atoms with van der Waals surface area (Å²) in [7, 11) is -0.0799. The molecule has 0 bridgehead atoms. The van der Waals surface area contributed by atoms with Gasteiger partial charge in [0.2, 0.25) is 0 Å². The van der Waals surface area contributed by atoms with Gasteiger partial charge < -0.3 is 0 Å². The Balaban J connectivity index is 2.00. The van der Waals surface area contributed by atoms with Crippen molar-refractivity contribution in [1.29, 1.82) is 0 Å². The van der Waals surface area contributed by atoms with Crippen LogP contribution in [0.1, 0.15) is 26.2 Å². The first-order valence-electron chi connectivity index (χ1n) is 6.99. The molecule has 3 rings (SSSR count). The molecule has 1 aliphatic rings. The van der Waals surface area contributed by atoms with E-state index in [0.29, 0.717) is 0 Å². The first kappa shape index (κ1) is 13.7. The molecule has 2 aromatic rings. The van der Waals surface area contributed by atoms with Crippen molar-refractivity contribution in [2.24, 2.45) is 0 Å². The first-order valence-corrected chi connectivity index (χ1v) is 9.03. The van der Waals surface area contributed by atoms with Crippen LogP contribution in [0.3, 0.4) is 0 Å². The number of hydrogen-bond donors (Lipinski definition) is 0. The van der Waals surface area contributed by atoms with E-state index in [1.807, 2.05) is 11.8 Å². The fourth-order valence-electron chi connectivity index (χ4n) is 2.14. The molecule has 0 unspecified atom stereocenters. The van der Waals surface area contributed by atoms with Gasteiger partial charge in [0.15, 0.2) is 25.9 Å². The Morgan fingerprint density at radius 2 is 1.55 bits per heavy atom. The third-order valence-electron chi connectivity index (χ3n) is 3.19. The van der Waals surface area contributed by atoms with E-state index in [-0.39, 0.29) is 10.9 Å². The zero-order valence-electron chi connectivity index (χ0n) is 11.6. The third kappa shape index (κ3) is 2.75. The molecular formula is C18H17S2+. The van der Waals surface area contributed by atoms with Crippen LogP contribution in [0.5, 0.6) is 0 Å². The lowest BCUT2D eigenvalue weighted by Gasteiger charge is -2.14. The zero-order valence-corrected chi connectivity index (χ0v) is 13.2. The van der Waals surface area contributed by atoms with Crippen molar-refractivity contribution < 1.29 is 0 Å². The second-order valence-corrected chi connectivity index (χ2v) is 7.46. The Morgan fingerprint density at radius 1 is 0.950 bits per heavy atom. The van der Waals surface area contributed by atoms with Crippen LogP contribution in [0.15, 0.2) is 68.1 Å². The molecule has 2 aromatic carbocycles. The fourth-order valence-corrected chi connectivity index (χ4v) is 5.43. The normalized spacial score (nSPS) is 13.1. The summed E-state index contributed by atoms with van der Waals surface area (Å²) < 4.78 is 0. The van der Waals surface area contributed by atoms with Gasteiger partial charge in [-0.1, -0.05) is 49.4 Å². The Kier molecular flexibility index (Phi) is 4.40.